The Bertz CT molecular complexity index is 1190. The molecule has 0 bridgehead atoms. The minimum absolute atomic E-state index is 0.129. The molecule has 4 rings (SSSR count). The number of hydrogen-bond donors (Lipinski definition) is 2. The van der Waals surface area contributed by atoms with Crippen molar-refractivity contribution in [2.24, 2.45) is 11.7 Å². The van der Waals surface area contributed by atoms with Gasteiger partial charge in [0.05, 0.1) is 32.4 Å². The van der Waals surface area contributed by atoms with E-state index in [9.17, 15) is 18.0 Å². The number of nitrogens with zero attached hydrogens (tertiary/aromatic N) is 2. The highest BCUT2D eigenvalue weighted by Gasteiger charge is 2.32. The van der Waals surface area contributed by atoms with Gasteiger partial charge in [-0.15, -0.1) is 0 Å². The lowest BCUT2D eigenvalue weighted by Gasteiger charge is -2.35. The van der Waals surface area contributed by atoms with E-state index < -0.39 is 10.0 Å². The molecule has 2 heterocycles. The summed E-state index contributed by atoms with van der Waals surface area (Å²) in [6.07, 6.45) is 1.26. The summed E-state index contributed by atoms with van der Waals surface area (Å²) in [5.74, 6) is -0.0970. The molecule has 0 radical (unpaired) electrons. The van der Waals surface area contributed by atoms with Crippen molar-refractivity contribution in [1.29, 1.82) is 0 Å². The molecule has 194 valence electrons. The molecule has 3 N–H and O–H groups in total. The topological polar surface area (TPSA) is 131 Å². The van der Waals surface area contributed by atoms with Gasteiger partial charge in [-0.2, -0.15) is 4.31 Å². The van der Waals surface area contributed by atoms with Gasteiger partial charge >= 0.3 is 0 Å². The summed E-state index contributed by atoms with van der Waals surface area (Å²) in [4.78, 5) is 26.4. The minimum Gasteiger partial charge on any atom is -0.497 e. The minimum atomic E-state index is -3.84. The quantitative estimate of drug-likeness (QED) is 0.545. The van der Waals surface area contributed by atoms with Gasteiger partial charge < -0.3 is 25.4 Å². The van der Waals surface area contributed by atoms with Crippen LogP contribution in [0.5, 0.6) is 5.75 Å². The van der Waals surface area contributed by atoms with E-state index in [1.165, 1.54) is 10.4 Å². The Kier molecular flexibility index (Phi) is 8.12. The van der Waals surface area contributed by atoms with Crippen molar-refractivity contribution < 1.29 is 27.5 Å². The lowest BCUT2D eigenvalue weighted by atomic mass is 9.96. The van der Waals surface area contributed by atoms with E-state index in [1.807, 2.05) is 17.0 Å². The van der Waals surface area contributed by atoms with Crippen LogP contribution in [0.2, 0.25) is 0 Å². The molecule has 2 aromatic rings. The predicted molar refractivity (Wildman–Crippen MR) is 135 cm³/mol. The first kappa shape index (κ1) is 25.9. The number of primary amides is 1. The Labute approximate surface area is 211 Å². The van der Waals surface area contributed by atoms with Crippen molar-refractivity contribution in [1.82, 2.24) is 4.31 Å². The molecule has 2 fully saturated rings. The van der Waals surface area contributed by atoms with Crippen LogP contribution in [0.15, 0.2) is 47.4 Å². The number of anilines is 2. The number of piperidine rings is 1. The third-order valence-electron chi connectivity index (χ3n) is 6.59. The Hall–Kier alpha value is -3.15. The molecule has 10 nitrogen and oxygen atoms in total. The average Bonchev–Trinajstić information content (AvgIpc) is 2.89. The Morgan fingerprint density at radius 1 is 1.06 bits per heavy atom. The summed E-state index contributed by atoms with van der Waals surface area (Å²) < 4.78 is 39.2. The SMILES string of the molecule is COc1ccc(CC(=O)Nc2ccc(N3CCC(C(N)=O)CC3)c(S(=O)(=O)N3CCOCC3)c2)cc1. The van der Waals surface area contributed by atoms with Crippen molar-refractivity contribution in [2.45, 2.75) is 24.2 Å². The molecule has 2 amide bonds. The molecule has 2 aliphatic rings. The molecular formula is C25H32N4O6S. The number of ether oxygens (including phenoxy) is 2. The highest BCUT2D eigenvalue weighted by molar-refractivity contribution is 7.89. The van der Waals surface area contributed by atoms with Crippen LogP contribution in [0.25, 0.3) is 0 Å². The van der Waals surface area contributed by atoms with Gasteiger partial charge in [0.15, 0.2) is 0 Å². The normalized spacial score (nSPS) is 17.5. The number of hydrogen-bond acceptors (Lipinski definition) is 7. The van der Waals surface area contributed by atoms with Crippen LogP contribution in [0.4, 0.5) is 11.4 Å². The molecule has 11 heteroatoms. The number of carbonyl (C=O) groups excluding carboxylic acids is 2. The zero-order chi connectivity index (χ0) is 25.7. The molecule has 36 heavy (non-hydrogen) atoms. The van der Waals surface area contributed by atoms with Crippen molar-refractivity contribution in [3.63, 3.8) is 0 Å². The molecule has 2 saturated heterocycles. The summed E-state index contributed by atoms with van der Waals surface area (Å²) >= 11 is 0. The van der Waals surface area contributed by atoms with Crippen LogP contribution in [-0.4, -0.2) is 71.0 Å². The summed E-state index contributed by atoms with van der Waals surface area (Å²) in [5, 5.41) is 2.83. The van der Waals surface area contributed by atoms with E-state index in [4.69, 9.17) is 15.2 Å². The first-order valence-electron chi connectivity index (χ1n) is 12.0. The number of rotatable bonds is 8. The van der Waals surface area contributed by atoms with Crippen molar-refractivity contribution in [3.05, 3.63) is 48.0 Å². The second kappa shape index (κ2) is 11.3. The summed E-state index contributed by atoms with van der Waals surface area (Å²) in [7, 11) is -2.26. The number of nitrogens with one attached hydrogen (secondary N) is 1. The molecule has 2 aromatic carbocycles. The molecule has 0 saturated carbocycles. The number of morpholine rings is 1. The Morgan fingerprint density at radius 3 is 2.33 bits per heavy atom. The van der Waals surface area contributed by atoms with Crippen molar-refractivity contribution in [2.75, 3.05) is 56.7 Å². The first-order valence-corrected chi connectivity index (χ1v) is 13.4. The summed E-state index contributed by atoms with van der Waals surface area (Å²) in [6, 6.07) is 12.1. The van der Waals surface area contributed by atoms with Crippen molar-refractivity contribution in [3.8, 4) is 5.75 Å². The molecular weight excluding hydrogens is 484 g/mol. The number of nitrogens with two attached hydrogens (primary N) is 1. The molecule has 0 unspecified atom stereocenters. The van der Waals surface area contributed by atoms with Crippen molar-refractivity contribution >= 4 is 33.2 Å². The van der Waals surface area contributed by atoms with Gasteiger partial charge in [0.25, 0.3) is 0 Å². The lowest BCUT2D eigenvalue weighted by Crippen LogP contribution is -2.42. The number of methoxy groups -OCH3 is 1. The van der Waals surface area contributed by atoms with Crippen LogP contribution >= 0.6 is 0 Å². The Morgan fingerprint density at radius 2 is 1.72 bits per heavy atom. The molecule has 0 spiro atoms. The first-order chi connectivity index (χ1) is 17.3. The van der Waals surface area contributed by atoms with Crippen LogP contribution in [0.1, 0.15) is 18.4 Å². The van der Waals surface area contributed by atoms with Gasteiger partial charge in [-0.05, 0) is 48.7 Å². The van der Waals surface area contributed by atoms with E-state index in [-0.39, 0.29) is 42.1 Å². The second-order valence-electron chi connectivity index (χ2n) is 8.94. The summed E-state index contributed by atoms with van der Waals surface area (Å²) in [6.45, 7) is 2.22. The number of benzene rings is 2. The molecule has 2 aliphatic heterocycles. The maximum Gasteiger partial charge on any atom is 0.245 e. The van der Waals surface area contributed by atoms with Gasteiger partial charge in [0.2, 0.25) is 21.8 Å². The second-order valence-corrected chi connectivity index (χ2v) is 10.8. The maximum absolute atomic E-state index is 13.7. The number of sulfonamides is 1. The van der Waals surface area contributed by atoms with Gasteiger partial charge in [0, 0.05) is 37.8 Å². The third-order valence-corrected chi connectivity index (χ3v) is 8.52. The van der Waals surface area contributed by atoms with Gasteiger partial charge in [-0.1, -0.05) is 12.1 Å². The number of amides is 2. The highest BCUT2D eigenvalue weighted by atomic mass is 32.2. The smallest absolute Gasteiger partial charge is 0.245 e. The zero-order valence-electron chi connectivity index (χ0n) is 20.3. The van der Waals surface area contributed by atoms with Gasteiger partial charge in [0.1, 0.15) is 10.6 Å². The van der Waals surface area contributed by atoms with E-state index in [2.05, 4.69) is 5.32 Å². The van der Waals surface area contributed by atoms with E-state index >= 15 is 0 Å². The average molecular weight is 517 g/mol. The molecule has 0 atom stereocenters. The van der Waals surface area contributed by atoms with Crippen LogP contribution < -0.4 is 20.7 Å². The maximum atomic E-state index is 13.7. The van der Waals surface area contributed by atoms with E-state index in [0.29, 0.717) is 56.3 Å². The number of carbonyl (C=O) groups is 2. The monoisotopic (exact) mass is 516 g/mol. The summed E-state index contributed by atoms with van der Waals surface area (Å²) in [5.41, 5.74) is 7.23. The molecule has 0 aliphatic carbocycles. The van der Waals surface area contributed by atoms with E-state index in [1.54, 1.807) is 31.4 Å². The highest BCUT2D eigenvalue weighted by Crippen LogP contribution is 2.34. The Balaban J connectivity index is 1.58. The van der Waals surface area contributed by atoms with E-state index in [0.717, 1.165) is 5.56 Å². The zero-order valence-corrected chi connectivity index (χ0v) is 21.1. The lowest BCUT2D eigenvalue weighted by molar-refractivity contribution is -0.122. The fourth-order valence-electron chi connectivity index (χ4n) is 4.52. The van der Waals surface area contributed by atoms with Gasteiger partial charge in [-0.25, -0.2) is 8.42 Å². The van der Waals surface area contributed by atoms with Crippen LogP contribution in [0, 0.1) is 5.92 Å². The standard InChI is InChI=1S/C25H32N4O6S/c1-34-21-5-2-18(3-6-21)16-24(30)27-20-4-7-22(28-10-8-19(9-11-28)25(26)31)23(17-20)36(32,33)29-12-14-35-15-13-29/h2-7,17,19H,8-16H2,1H3,(H2,26,31)(H,27,30). The predicted octanol–water partition coefficient (Wildman–Crippen LogP) is 1.60. The van der Waals surface area contributed by atoms with Gasteiger partial charge in [-0.3, -0.25) is 9.59 Å². The fourth-order valence-corrected chi connectivity index (χ4v) is 6.17. The largest absolute Gasteiger partial charge is 0.497 e. The molecule has 0 aromatic heterocycles. The fraction of sp³-hybridized carbons (Fsp3) is 0.440. The van der Waals surface area contributed by atoms with Crippen LogP contribution in [-0.2, 0) is 30.8 Å². The third kappa shape index (κ3) is 5.97. The van der Waals surface area contributed by atoms with Crippen LogP contribution in [0.3, 0.4) is 0 Å².